The normalized spacial score (nSPS) is 21.4. The fourth-order valence-electron chi connectivity index (χ4n) is 3.96. The highest BCUT2D eigenvalue weighted by molar-refractivity contribution is 5.81. The smallest absolute Gasteiger partial charge is 0.295 e. The fraction of sp³-hybridized carbons (Fsp3) is 0.579. The van der Waals surface area contributed by atoms with E-state index in [1.165, 1.54) is 0 Å². The molecule has 2 atom stereocenters. The number of hydrogen-bond donors (Lipinski definition) is 2. The van der Waals surface area contributed by atoms with E-state index in [0.717, 1.165) is 16.5 Å². The van der Waals surface area contributed by atoms with Gasteiger partial charge in [-0.25, -0.2) is 0 Å². The summed E-state index contributed by atoms with van der Waals surface area (Å²) in [7, 11) is 0. The molecule has 27 heavy (non-hydrogen) atoms. The Morgan fingerprint density at radius 2 is 1.78 bits per heavy atom. The quantitative estimate of drug-likeness (QED) is 0.455. The summed E-state index contributed by atoms with van der Waals surface area (Å²) in [5.74, 6) is 0.389. The second-order valence-corrected chi connectivity index (χ2v) is 8.54. The zero-order valence-corrected chi connectivity index (χ0v) is 16.6. The second kappa shape index (κ2) is 6.47. The van der Waals surface area contributed by atoms with Crippen LogP contribution in [0.4, 0.5) is 0 Å². The summed E-state index contributed by atoms with van der Waals surface area (Å²) < 4.78 is 5.90. The molecule has 2 aromatic rings. The van der Waals surface area contributed by atoms with Crippen LogP contribution in [0.1, 0.15) is 64.5 Å². The standard InChI is InChI=1S/C19H27N3O5/c1-11(2)20-10-17(27-22(24)25)16-8-12-7-13-14(9-15(12)26-16)19(5,6)21(23)18(13,3)4/h7-9,11,17,20-21H,10H2,1-6H3. The van der Waals surface area contributed by atoms with Crippen molar-refractivity contribution in [2.45, 2.75) is 64.8 Å². The van der Waals surface area contributed by atoms with Crippen molar-refractivity contribution in [2.24, 2.45) is 0 Å². The molecule has 0 aliphatic carbocycles. The lowest BCUT2D eigenvalue weighted by atomic mass is 9.89. The van der Waals surface area contributed by atoms with Crippen LogP contribution in [-0.2, 0) is 15.9 Å². The zero-order chi connectivity index (χ0) is 20.1. The Hall–Kier alpha value is -2.16. The van der Waals surface area contributed by atoms with E-state index in [0.29, 0.717) is 11.3 Å². The van der Waals surface area contributed by atoms with Crippen LogP contribution < -0.4 is 10.4 Å². The largest absolute Gasteiger partial charge is 0.633 e. The molecule has 2 unspecified atom stereocenters. The van der Waals surface area contributed by atoms with Crippen molar-refractivity contribution in [1.29, 1.82) is 0 Å². The minimum Gasteiger partial charge on any atom is -0.633 e. The first-order chi connectivity index (χ1) is 12.4. The number of nitrogens with one attached hydrogen (secondary N) is 2. The molecule has 2 N–H and O–H groups in total. The number of quaternary nitrogens is 1. The molecule has 2 heterocycles. The van der Waals surface area contributed by atoms with Crippen LogP contribution in [0.5, 0.6) is 0 Å². The van der Waals surface area contributed by atoms with E-state index < -0.39 is 22.3 Å². The summed E-state index contributed by atoms with van der Waals surface area (Å²) in [5.41, 5.74) is 1.34. The number of nitrogens with zero attached hydrogens (tertiary/aromatic N) is 1. The molecule has 0 bridgehead atoms. The van der Waals surface area contributed by atoms with Gasteiger partial charge in [-0.15, -0.1) is 10.1 Å². The van der Waals surface area contributed by atoms with Gasteiger partial charge in [-0.2, -0.15) is 0 Å². The fourth-order valence-corrected chi connectivity index (χ4v) is 3.96. The average Bonchev–Trinajstić information content (AvgIpc) is 3.03. The van der Waals surface area contributed by atoms with Crippen LogP contribution in [-0.4, -0.2) is 17.7 Å². The molecule has 0 radical (unpaired) electrons. The maximum absolute atomic E-state index is 12.8. The number of rotatable bonds is 6. The molecule has 1 aromatic heterocycles. The van der Waals surface area contributed by atoms with E-state index in [9.17, 15) is 15.3 Å². The molecule has 0 spiro atoms. The maximum atomic E-state index is 12.8. The van der Waals surface area contributed by atoms with Gasteiger partial charge in [-0.3, -0.25) is 0 Å². The number of benzene rings is 1. The molecule has 0 fully saturated rings. The summed E-state index contributed by atoms with van der Waals surface area (Å²) in [6.07, 6.45) is -0.840. The van der Waals surface area contributed by atoms with E-state index in [1.54, 1.807) is 6.07 Å². The van der Waals surface area contributed by atoms with E-state index >= 15 is 0 Å². The van der Waals surface area contributed by atoms with Crippen LogP contribution in [0.3, 0.4) is 0 Å². The second-order valence-electron chi connectivity index (χ2n) is 8.54. The van der Waals surface area contributed by atoms with Crippen molar-refractivity contribution < 1.29 is 19.4 Å². The highest BCUT2D eigenvalue weighted by atomic mass is 17.0. The van der Waals surface area contributed by atoms with Gasteiger partial charge >= 0.3 is 0 Å². The predicted molar refractivity (Wildman–Crippen MR) is 101 cm³/mol. The molecule has 3 rings (SSSR count). The van der Waals surface area contributed by atoms with Crippen LogP contribution >= 0.6 is 0 Å². The van der Waals surface area contributed by atoms with Gasteiger partial charge in [-0.1, -0.05) is 13.8 Å². The van der Waals surface area contributed by atoms with Crippen molar-refractivity contribution in [3.63, 3.8) is 0 Å². The summed E-state index contributed by atoms with van der Waals surface area (Å²) in [4.78, 5) is 15.7. The van der Waals surface area contributed by atoms with Crippen molar-refractivity contribution in [2.75, 3.05) is 6.54 Å². The van der Waals surface area contributed by atoms with E-state index in [-0.39, 0.29) is 17.6 Å². The Labute approximate surface area is 158 Å². The minimum atomic E-state index is -0.840. The highest BCUT2D eigenvalue weighted by Crippen LogP contribution is 2.39. The Kier molecular flexibility index (Phi) is 4.70. The molecule has 1 aliphatic rings. The number of fused-ring (bicyclic) bond motifs is 2. The first-order valence-electron chi connectivity index (χ1n) is 9.12. The Morgan fingerprint density at radius 1 is 1.19 bits per heavy atom. The predicted octanol–water partition coefficient (Wildman–Crippen LogP) is 2.55. The van der Waals surface area contributed by atoms with Crippen molar-refractivity contribution in [3.05, 3.63) is 50.4 Å². The van der Waals surface area contributed by atoms with Gasteiger partial charge in [0.1, 0.15) is 22.4 Å². The monoisotopic (exact) mass is 377 g/mol. The molecule has 0 amide bonds. The van der Waals surface area contributed by atoms with Gasteiger partial charge < -0.3 is 24.8 Å². The molecule has 8 heteroatoms. The van der Waals surface area contributed by atoms with Crippen LogP contribution in [0.2, 0.25) is 0 Å². The molecule has 0 saturated carbocycles. The van der Waals surface area contributed by atoms with Gasteiger partial charge in [0.25, 0.3) is 5.09 Å². The van der Waals surface area contributed by atoms with E-state index in [4.69, 9.17) is 9.25 Å². The van der Waals surface area contributed by atoms with Crippen molar-refractivity contribution in [1.82, 2.24) is 5.32 Å². The SMILES string of the molecule is CC(C)NCC(O[N+](=O)[O-])c1cc2cc3c(cc2o1)C(C)(C)[NH+]([O-])C3(C)C. The topological polar surface area (TPSA) is 105 Å². The highest BCUT2D eigenvalue weighted by Gasteiger charge is 2.49. The average molecular weight is 377 g/mol. The maximum Gasteiger partial charge on any atom is 0.295 e. The lowest BCUT2D eigenvalue weighted by Gasteiger charge is -2.40. The molecule has 8 nitrogen and oxygen atoms in total. The van der Waals surface area contributed by atoms with Gasteiger partial charge in [0.05, 0.1) is 0 Å². The zero-order valence-electron chi connectivity index (χ0n) is 16.6. The number of hydroxylamine groups is 2. The van der Waals surface area contributed by atoms with Crippen molar-refractivity contribution >= 4 is 11.0 Å². The lowest BCUT2D eigenvalue weighted by Crippen LogP contribution is -3.17. The summed E-state index contributed by atoms with van der Waals surface area (Å²) in [6.45, 7) is 11.9. The number of furan rings is 1. The van der Waals surface area contributed by atoms with Gasteiger partial charge in [0.2, 0.25) is 0 Å². The van der Waals surface area contributed by atoms with Crippen LogP contribution in [0, 0.1) is 15.3 Å². The molecule has 1 aromatic carbocycles. The van der Waals surface area contributed by atoms with Gasteiger partial charge in [0.15, 0.2) is 6.10 Å². The lowest BCUT2D eigenvalue weighted by molar-refractivity contribution is -0.955. The number of hydrogen-bond acceptors (Lipinski definition) is 6. The minimum absolute atomic E-state index is 0.156. The Balaban J connectivity index is 2.05. The Morgan fingerprint density at radius 3 is 2.33 bits per heavy atom. The first kappa shape index (κ1) is 19.6. The van der Waals surface area contributed by atoms with Crippen LogP contribution in [0.25, 0.3) is 11.0 Å². The van der Waals surface area contributed by atoms with Crippen LogP contribution in [0.15, 0.2) is 22.6 Å². The molecule has 148 valence electrons. The molecule has 0 saturated heterocycles. The third kappa shape index (κ3) is 3.28. The Bertz CT molecular complexity index is 819. The third-order valence-electron chi connectivity index (χ3n) is 5.40. The molecular formula is C19H27N3O5. The molecular weight excluding hydrogens is 350 g/mol. The summed E-state index contributed by atoms with van der Waals surface area (Å²) in [6, 6.07) is 5.77. The first-order valence-corrected chi connectivity index (χ1v) is 9.12. The molecule has 1 aliphatic heterocycles. The van der Waals surface area contributed by atoms with E-state index in [2.05, 4.69) is 5.32 Å². The summed E-state index contributed by atoms with van der Waals surface area (Å²) >= 11 is 0. The third-order valence-corrected chi connectivity index (χ3v) is 5.40. The van der Waals surface area contributed by atoms with Gasteiger partial charge in [0, 0.05) is 29.1 Å². The van der Waals surface area contributed by atoms with E-state index in [1.807, 2.05) is 53.7 Å². The van der Waals surface area contributed by atoms with Crippen molar-refractivity contribution in [3.8, 4) is 0 Å². The summed E-state index contributed by atoms with van der Waals surface area (Å²) in [5, 5.41) is 27.0. The van der Waals surface area contributed by atoms with Gasteiger partial charge in [-0.05, 0) is 45.9 Å².